The molecule has 19 heavy (non-hydrogen) atoms. The molecule has 0 atom stereocenters. The van der Waals surface area contributed by atoms with Crippen molar-refractivity contribution in [2.24, 2.45) is 10.2 Å². The molecule has 0 spiro atoms. The van der Waals surface area contributed by atoms with Crippen LogP contribution in [-0.4, -0.2) is 10.8 Å². The van der Waals surface area contributed by atoms with Gasteiger partial charge in [-0.25, -0.2) is 0 Å². The maximum atomic E-state index is 6.04. The number of hydrogen-bond donors (Lipinski definition) is 0. The average molecular weight is 292 g/mol. The van der Waals surface area contributed by atoms with E-state index in [0.717, 1.165) is 22.6 Å². The topological polar surface area (TPSA) is 29.6 Å². The zero-order valence-corrected chi connectivity index (χ0v) is 12.2. The number of aromatic nitrogens is 1. The van der Waals surface area contributed by atoms with E-state index in [1.54, 1.807) is 17.6 Å². The summed E-state index contributed by atoms with van der Waals surface area (Å²) in [6.45, 7) is 6.51. The van der Waals surface area contributed by atoms with Gasteiger partial charge in [-0.2, -0.15) is 5.10 Å². The standard InChI is InChI=1S/C14H14ClN3S/c1-3-8-18-11(2)10-19-14(18)17-16-9-12-6-4-5-7-13(12)15/h3-7,9-10H,1,8H2,2H3/b16-9-,17-14-. The summed E-state index contributed by atoms with van der Waals surface area (Å²) in [6.07, 6.45) is 3.51. The second kappa shape index (κ2) is 6.50. The van der Waals surface area contributed by atoms with Gasteiger partial charge in [0.1, 0.15) is 0 Å². The lowest BCUT2D eigenvalue weighted by molar-refractivity contribution is 0.752. The molecule has 98 valence electrons. The Morgan fingerprint density at radius 2 is 2.21 bits per heavy atom. The first-order valence-electron chi connectivity index (χ1n) is 5.80. The predicted octanol–water partition coefficient (Wildman–Crippen LogP) is 3.63. The Balaban J connectivity index is 2.28. The van der Waals surface area contributed by atoms with Crippen molar-refractivity contribution in [3.63, 3.8) is 0 Å². The maximum absolute atomic E-state index is 6.04. The van der Waals surface area contributed by atoms with Gasteiger partial charge in [-0.05, 0) is 13.0 Å². The minimum absolute atomic E-state index is 0.669. The van der Waals surface area contributed by atoms with E-state index in [2.05, 4.69) is 21.3 Å². The highest BCUT2D eigenvalue weighted by atomic mass is 35.5. The Morgan fingerprint density at radius 1 is 1.42 bits per heavy atom. The van der Waals surface area contributed by atoms with Gasteiger partial charge >= 0.3 is 0 Å². The summed E-state index contributed by atoms with van der Waals surface area (Å²) < 4.78 is 2.06. The smallest absolute Gasteiger partial charge is 0.211 e. The highest BCUT2D eigenvalue weighted by Gasteiger charge is 1.98. The molecular weight excluding hydrogens is 278 g/mol. The molecule has 0 bridgehead atoms. The van der Waals surface area contributed by atoms with Crippen molar-refractivity contribution in [3.8, 4) is 0 Å². The number of allylic oxidation sites excluding steroid dienone is 1. The summed E-state index contributed by atoms with van der Waals surface area (Å²) >= 11 is 7.60. The van der Waals surface area contributed by atoms with Crippen molar-refractivity contribution in [1.29, 1.82) is 0 Å². The molecule has 5 heteroatoms. The molecule has 0 amide bonds. The molecule has 3 nitrogen and oxygen atoms in total. The van der Waals surface area contributed by atoms with Crippen molar-refractivity contribution in [3.05, 3.63) is 63.4 Å². The number of rotatable bonds is 4. The number of hydrogen-bond acceptors (Lipinski definition) is 3. The van der Waals surface area contributed by atoms with E-state index >= 15 is 0 Å². The Kier molecular flexibility index (Phi) is 4.71. The van der Waals surface area contributed by atoms with Gasteiger partial charge in [0.05, 0.1) is 6.21 Å². The Bertz CT molecular complexity index is 667. The second-order valence-electron chi connectivity index (χ2n) is 3.93. The molecule has 0 aliphatic heterocycles. The third kappa shape index (κ3) is 3.43. The largest absolute Gasteiger partial charge is 0.316 e. The maximum Gasteiger partial charge on any atom is 0.211 e. The summed E-state index contributed by atoms with van der Waals surface area (Å²) in [6, 6.07) is 7.53. The molecule has 0 saturated carbocycles. The van der Waals surface area contributed by atoms with Gasteiger partial charge in [0.25, 0.3) is 0 Å². The van der Waals surface area contributed by atoms with Crippen molar-refractivity contribution in [1.82, 2.24) is 4.57 Å². The quantitative estimate of drug-likeness (QED) is 0.468. The molecule has 0 saturated heterocycles. The van der Waals surface area contributed by atoms with Gasteiger partial charge in [-0.15, -0.1) is 23.0 Å². The monoisotopic (exact) mass is 291 g/mol. The van der Waals surface area contributed by atoms with Crippen molar-refractivity contribution < 1.29 is 0 Å². The zero-order valence-electron chi connectivity index (χ0n) is 10.6. The highest BCUT2D eigenvalue weighted by molar-refractivity contribution is 7.07. The number of nitrogens with zero attached hydrogens (tertiary/aromatic N) is 3. The van der Waals surface area contributed by atoms with Crippen molar-refractivity contribution >= 4 is 29.2 Å². The van der Waals surface area contributed by atoms with Crippen LogP contribution in [0.25, 0.3) is 0 Å². The van der Waals surface area contributed by atoms with E-state index in [9.17, 15) is 0 Å². The normalized spacial score (nSPS) is 12.2. The lowest BCUT2D eigenvalue weighted by Crippen LogP contribution is -2.14. The van der Waals surface area contributed by atoms with E-state index in [0.29, 0.717) is 5.02 Å². The molecule has 0 fully saturated rings. The van der Waals surface area contributed by atoms with E-state index in [1.807, 2.05) is 42.6 Å². The Morgan fingerprint density at radius 3 is 2.95 bits per heavy atom. The molecule has 0 aliphatic carbocycles. The van der Waals surface area contributed by atoms with Gasteiger partial charge in [0, 0.05) is 28.2 Å². The zero-order chi connectivity index (χ0) is 13.7. The van der Waals surface area contributed by atoms with Crippen LogP contribution in [0.2, 0.25) is 5.02 Å². The molecule has 0 aliphatic rings. The molecule has 0 radical (unpaired) electrons. The van der Waals surface area contributed by atoms with Crippen LogP contribution in [0.1, 0.15) is 11.3 Å². The van der Waals surface area contributed by atoms with Crippen LogP contribution in [-0.2, 0) is 6.54 Å². The van der Waals surface area contributed by atoms with Gasteiger partial charge in [0.15, 0.2) is 0 Å². The summed E-state index contributed by atoms with van der Waals surface area (Å²) in [4.78, 5) is 0.848. The lowest BCUT2D eigenvalue weighted by atomic mass is 10.2. The highest BCUT2D eigenvalue weighted by Crippen LogP contribution is 2.12. The van der Waals surface area contributed by atoms with Crippen LogP contribution in [0.3, 0.4) is 0 Å². The first-order chi connectivity index (χ1) is 9.22. The van der Waals surface area contributed by atoms with E-state index in [1.165, 1.54) is 0 Å². The molecule has 2 aromatic rings. The molecular formula is C14H14ClN3S. The van der Waals surface area contributed by atoms with Crippen LogP contribution in [0.5, 0.6) is 0 Å². The van der Waals surface area contributed by atoms with Gasteiger partial charge in [-0.3, -0.25) is 0 Å². The molecule has 1 heterocycles. The van der Waals surface area contributed by atoms with Gasteiger partial charge in [-0.1, -0.05) is 35.9 Å². The fourth-order valence-electron chi connectivity index (χ4n) is 1.57. The number of thiazole rings is 1. The molecule has 0 N–H and O–H groups in total. The van der Waals surface area contributed by atoms with Crippen molar-refractivity contribution in [2.75, 3.05) is 0 Å². The molecule has 2 rings (SSSR count). The fraction of sp³-hybridized carbons (Fsp3) is 0.143. The first kappa shape index (κ1) is 13.8. The number of benzene rings is 1. The third-order valence-electron chi connectivity index (χ3n) is 2.55. The lowest BCUT2D eigenvalue weighted by Gasteiger charge is -1.99. The minimum atomic E-state index is 0.669. The van der Waals surface area contributed by atoms with E-state index in [4.69, 9.17) is 11.6 Å². The number of aryl methyl sites for hydroxylation is 1. The van der Waals surface area contributed by atoms with Gasteiger partial charge < -0.3 is 4.57 Å². The average Bonchev–Trinajstić information content (AvgIpc) is 2.74. The minimum Gasteiger partial charge on any atom is -0.316 e. The summed E-state index contributed by atoms with van der Waals surface area (Å²) in [7, 11) is 0. The fourth-order valence-corrected chi connectivity index (χ4v) is 2.59. The van der Waals surface area contributed by atoms with Gasteiger partial charge in [0.2, 0.25) is 4.80 Å². The molecule has 1 aromatic heterocycles. The third-order valence-corrected chi connectivity index (χ3v) is 3.86. The van der Waals surface area contributed by atoms with E-state index < -0.39 is 0 Å². The van der Waals surface area contributed by atoms with Crippen molar-refractivity contribution in [2.45, 2.75) is 13.5 Å². The molecule has 1 aromatic carbocycles. The summed E-state index contributed by atoms with van der Waals surface area (Å²) in [5.41, 5.74) is 2.01. The summed E-state index contributed by atoms with van der Waals surface area (Å²) in [5.74, 6) is 0. The van der Waals surface area contributed by atoms with E-state index in [-0.39, 0.29) is 0 Å². The Hall–Kier alpha value is -1.65. The van der Waals surface area contributed by atoms with Crippen LogP contribution < -0.4 is 4.80 Å². The van der Waals surface area contributed by atoms with Crippen LogP contribution in [0.4, 0.5) is 0 Å². The van der Waals surface area contributed by atoms with Crippen LogP contribution in [0, 0.1) is 6.92 Å². The number of halogens is 1. The van der Waals surface area contributed by atoms with Crippen LogP contribution >= 0.6 is 22.9 Å². The first-order valence-corrected chi connectivity index (χ1v) is 7.05. The SMILES string of the molecule is C=CCn1c(C)cs/c1=N\N=C/c1ccccc1Cl. The Labute approximate surface area is 121 Å². The van der Waals surface area contributed by atoms with Crippen LogP contribution in [0.15, 0.2) is 52.5 Å². The summed E-state index contributed by atoms with van der Waals surface area (Å²) in [5, 5.41) is 11.0. The second-order valence-corrected chi connectivity index (χ2v) is 5.17. The molecule has 0 unspecified atom stereocenters. The predicted molar refractivity (Wildman–Crippen MR) is 81.9 cm³/mol.